The number of carbonyl (C=O) groups excluding carboxylic acids is 1. The number of carbonyl (C=O) groups is 1. The molecule has 0 amide bonds. The molecule has 3 nitrogen and oxygen atoms in total. The first-order valence-electron chi connectivity index (χ1n) is 3.98. The molecule has 0 fully saturated rings. The second-order valence-electron chi connectivity index (χ2n) is 2.45. The van der Waals surface area contributed by atoms with Crippen molar-refractivity contribution in [3.63, 3.8) is 0 Å². The summed E-state index contributed by atoms with van der Waals surface area (Å²) in [6.07, 6.45) is 1.17. The molecule has 0 aliphatic heterocycles. The van der Waals surface area contributed by atoms with Crippen LogP contribution in [-0.4, -0.2) is 17.6 Å². The molecule has 0 saturated heterocycles. The zero-order valence-electron chi connectivity index (χ0n) is 7.29. The van der Waals surface area contributed by atoms with E-state index in [1.54, 1.807) is 6.92 Å². The topological polar surface area (TPSA) is 39.2 Å². The number of halogens is 1. The fourth-order valence-corrected chi connectivity index (χ4v) is 0.871. The summed E-state index contributed by atoms with van der Waals surface area (Å²) in [5.74, 6) is -0.755. The minimum atomic E-state index is -0.410. The van der Waals surface area contributed by atoms with Crippen LogP contribution >= 0.6 is 0 Å². The van der Waals surface area contributed by atoms with Gasteiger partial charge in [0.25, 0.3) is 0 Å². The van der Waals surface area contributed by atoms with Crippen LogP contribution < -0.4 is 0 Å². The van der Waals surface area contributed by atoms with Crippen LogP contribution in [0.1, 0.15) is 12.6 Å². The maximum Gasteiger partial charge on any atom is 0.311 e. The van der Waals surface area contributed by atoms with Gasteiger partial charge in [0.1, 0.15) is 5.82 Å². The number of pyridine rings is 1. The van der Waals surface area contributed by atoms with E-state index in [-0.39, 0.29) is 12.4 Å². The molecular formula is C9H10FNO2. The Kier molecular flexibility index (Phi) is 3.37. The van der Waals surface area contributed by atoms with Gasteiger partial charge in [-0.25, -0.2) is 4.39 Å². The summed E-state index contributed by atoms with van der Waals surface area (Å²) in [5.41, 5.74) is 0.514. The van der Waals surface area contributed by atoms with E-state index in [1.807, 2.05) is 0 Å². The molecule has 0 saturated carbocycles. The predicted molar refractivity (Wildman–Crippen MR) is 44.5 cm³/mol. The van der Waals surface area contributed by atoms with Gasteiger partial charge in [0.15, 0.2) is 0 Å². The number of ether oxygens (including phenoxy) is 1. The van der Waals surface area contributed by atoms with Crippen molar-refractivity contribution in [1.82, 2.24) is 4.98 Å². The third kappa shape index (κ3) is 3.19. The van der Waals surface area contributed by atoms with Crippen molar-refractivity contribution in [2.75, 3.05) is 6.61 Å². The smallest absolute Gasteiger partial charge is 0.311 e. The van der Waals surface area contributed by atoms with E-state index >= 15 is 0 Å². The van der Waals surface area contributed by atoms with Crippen molar-refractivity contribution in [2.24, 2.45) is 0 Å². The Labute approximate surface area is 75.6 Å². The van der Waals surface area contributed by atoms with E-state index in [2.05, 4.69) is 4.98 Å². The van der Waals surface area contributed by atoms with Crippen LogP contribution in [0.15, 0.2) is 18.3 Å². The van der Waals surface area contributed by atoms with Gasteiger partial charge < -0.3 is 4.74 Å². The summed E-state index contributed by atoms with van der Waals surface area (Å²) >= 11 is 0. The Balaban J connectivity index is 2.54. The lowest BCUT2D eigenvalue weighted by molar-refractivity contribution is -0.142. The number of hydrogen-bond acceptors (Lipinski definition) is 3. The maximum absolute atomic E-state index is 12.4. The predicted octanol–water partition coefficient (Wildman–Crippen LogP) is 1.33. The number of esters is 1. The summed E-state index contributed by atoms with van der Waals surface area (Å²) in [7, 11) is 0. The second kappa shape index (κ2) is 4.54. The molecule has 0 atom stereocenters. The summed E-state index contributed by atoms with van der Waals surface area (Å²) in [5, 5.41) is 0. The lowest BCUT2D eigenvalue weighted by Crippen LogP contribution is -2.08. The van der Waals surface area contributed by atoms with Crippen LogP contribution in [0.25, 0.3) is 0 Å². The minimum Gasteiger partial charge on any atom is -0.466 e. The van der Waals surface area contributed by atoms with Gasteiger partial charge in [-0.3, -0.25) is 9.78 Å². The second-order valence-corrected chi connectivity index (χ2v) is 2.45. The SMILES string of the molecule is CCOC(=O)Cc1ccc(F)cn1. The number of aromatic nitrogens is 1. The number of nitrogens with zero attached hydrogens (tertiary/aromatic N) is 1. The average Bonchev–Trinajstić information content (AvgIpc) is 2.09. The number of hydrogen-bond donors (Lipinski definition) is 0. The molecule has 0 aliphatic carbocycles. The van der Waals surface area contributed by atoms with Gasteiger partial charge in [-0.15, -0.1) is 0 Å². The first-order chi connectivity index (χ1) is 6.22. The largest absolute Gasteiger partial charge is 0.466 e. The molecule has 0 spiro atoms. The first-order valence-corrected chi connectivity index (χ1v) is 3.98. The minimum absolute atomic E-state index is 0.0914. The van der Waals surface area contributed by atoms with Crippen LogP contribution in [-0.2, 0) is 16.0 Å². The zero-order chi connectivity index (χ0) is 9.68. The summed E-state index contributed by atoms with van der Waals surface area (Å²) in [6, 6.07) is 2.73. The van der Waals surface area contributed by atoms with E-state index in [0.717, 1.165) is 6.20 Å². The third-order valence-corrected chi connectivity index (χ3v) is 1.42. The summed E-state index contributed by atoms with van der Waals surface area (Å²) < 4.78 is 17.1. The maximum atomic E-state index is 12.4. The lowest BCUT2D eigenvalue weighted by Gasteiger charge is -2.00. The highest BCUT2D eigenvalue weighted by Crippen LogP contribution is 1.99. The zero-order valence-corrected chi connectivity index (χ0v) is 7.29. The van der Waals surface area contributed by atoms with E-state index < -0.39 is 5.82 Å². The highest BCUT2D eigenvalue weighted by Gasteiger charge is 2.04. The first kappa shape index (κ1) is 9.64. The van der Waals surface area contributed by atoms with Crippen molar-refractivity contribution in [1.29, 1.82) is 0 Å². The monoisotopic (exact) mass is 183 g/mol. The van der Waals surface area contributed by atoms with Crippen LogP contribution in [0.4, 0.5) is 4.39 Å². The van der Waals surface area contributed by atoms with Gasteiger partial charge in [-0.1, -0.05) is 0 Å². The Hall–Kier alpha value is -1.45. The van der Waals surface area contributed by atoms with Crippen LogP contribution in [0.3, 0.4) is 0 Å². The van der Waals surface area contributed by atoms with Crippen molar-refractivity contribution in [3.05, 3.63) is 29.8 Å². The molecule has 70 valence electrons. The van der Waals surface area contributed by atoms with Gasteiger partial charge in [-0.05, 0) is 19.1 Å². The average molecular weight is 183 g/mol. The van der Waals surface area contributed by atoms with Gasteiger partial charge in [0.05, 0.1) is 24.9 Å². The van der Waals surface area contributed by atoms with Gasteiger partial charge >= 0.3 is 5.97 Å². The van der Waals surface area contributed by atoms with Crippen molar-refractivity contribution < 1.29 is 13.9 Å². The van der Waals surface area contributed by atoms with Crippen molar-refractivity contribution in [2.45, 2.75) is 13.3 Å². The molecule has 0 radical (unpaired) electrons. The molecule has 1 aromatic rings. The van der Waals surface area contributed by atoms with E-state index in [4.69, 9.17) is 4.74 Å². The highest BCUT2D eigenvalue weighted by molar-refractivity contribution is 5.71. The Bertz CT molecular complexity index is 284. The van der Waals surface area contributed by atoms with Gasteiger partial charge in [-0.2, -0.15) is 0 Å². The molecule has 0 unspecified atom stereocenters. The Morgan fingerprint density at radius 1 is 1.62 bits per heavy atom. The molecule has 1 heterocycles. The van der Waals surface area contributed by atoms with Crippen LogP contribution in [0.2, 0.25) is 0 Å². The standard InChI is InChI=1S/C9H10FNO2/c1-2-13-9(12)5-8-4-3-7(10)6-11-8/h3-4,6H,2,5H2,1H3. The number of rotatable bonds is 3. The lowest BCUT2D eigenvalue weighted by atomic mass is 10.3. The summed E-state index contributed by atoms with van der Waals surface area (Å²) in [4.78, 5) is 14.7. The van der Waals surface area contributed by atoms with E-state index in [9.17, 15) is 9.18 Å². The van der Waals surface area contributed by atoms with Crippen molar-refractivity contribution in [3.8, 4) is 0 Å². The fourth-order valence-electron chi connectivity index (χ4n) is 0.871. The molecule has 0 bridgehead atoms. The normalized spacial score (nSPS) is 9.69. The van der Waals surface area contributed by atoms with E-state index in [1.165, 1.54) is 12.1 Å². The van der Waals surface area contributed by atoms with Crippen LogP contribution in [0, 0.1) is 5.82 Å². The van der Waals surface area contributed by atoms with Crippen molar-refractivity contribution >= 4 is 5.97 Å². The van der Waals surface area contributed by atoms with Crippen LogP contribution in [0.5, 0.6) is 0 Å². The highest BCUT2D eigenvalue weighted by atomic mass is 19.1. The van der Waals surface area contributed by atoms with Gasteiger partial charge in [0, 0.05) is 0 Å². The quantitative estimate of drug-likeness (QED) is 0.663. The molecule has 1 aromatic heterocycles. The fraction of sp³-hybridized carbons (Fsp3) is 0.333. The third-order valence-electron chi connectivity index (χ3n) is 1.42. The molecule has 0 aliphatic rings. The summed E-state index contributed by atoms with van der Waals surface area (Å²) in [6.45, 7) is 2.08. The molecular weight excluding hydrogens is 173 g/mol. The molecule has 1 rings (SSSR count). The molecule has 4 heteroatoms. The van der Waals surface area contributed by atoms with Gasteiger partial charge in [0.2, 0.25) is 0 Å². The molecule has 0 N–H and O–H groups in total. The molecule has 13 heavy (non-hydrogen) atoms. The Morgan fingerprint density at radius 2 is 2.38 bits per heavy atom. The molecule has 0 aromatic carbocycles. The van der Waals surface area contributed by atoms with E-state index in [0.29, 0.717) is 12.3 Å². The Morgan fingerprint density at radius 3 is 2.92 bits per heavy atom.